The Kier molecular flexibility index (Phi) is 6.39. The average Bonchev–Trinajstić information content (AvgIpc) is 2.94. The third kappa shape index (κ3) is 5.42. The van der Waals surface area contributed by atoms with Crippen LogP contribution < -0.4 is 5.32 Å². The van der Waals surface area contributed by atoms with Gasteiger partial charge in [0.15, 0.2) is 5.13 Å². The van der Waals surface area contributed by atoms with Gasteiger partial charge in [-0.15, -0.1) is 23.1 Å². The van der Waals surface area contributed by atoms with E-state index < -0.39 is 0 Å². The van der Waals surface area contributed by atoms with Gasteiger partial charge in [-0.2, -0.15) is 0 Å². The van der Waals surface area contributed by atoms with Crippen LogP contribution in [0.3, 0.4) is 0 Å². The summed E-state index contributed by atoms with van der Waals surface area (Å²) in [6.07, 6.45) is 1.24. The lowest BCUT2D eigenvalue weighted by molar-refractivity contribution is -0.116. The van der Waals surface area contributed by atoms with E-state index in [0.717, 1.165) is 22.8 Å². The highest BCUT2D eigenvalue weighted by Crippen LogP contribution is 2.22. The maximum Gasteiger partial charge on any atom is 0.226 e. The standard InChI is InChI=1S/C16H19FN2OS2/c1-11(2)14-10-22-16(18-14)19-15(20)4-3-9-21-13-7-5-12(17)6-8-13/h5-8,10-11H,3-4,9H2,1-2H3,(H,18,19,20). The van der Waals surface area contributed by atoms with E-state index in [9.17, 15) is 9.18 Å². The summed E-state index contributed by atoms with van der Waals surface area (Å²) < 4.78 is 12.8. The lowest BCUT2D eigenvalue weighted by Gasteiger charge is -2.03. The molecule has 2 aromatic rings. The van der Waals surface area contributed by atoms with Crippen LogP contribution in [0.2, 0.25) is 0 Å². The predicted octanol–water partition coefficient (Wildman–Crippen LogP) is 4.92. The van der Waals surface area contributed by atoms with Crippen LogP contribution in [0, 0.1) is 5.82 Å². The van der Waals surface area contributed by atoms with Gasteiger partial charge in [0.25, 0.3) is 0 Å². The van der Waals surface area contributed by atoms with E-state index in [1.54, 1.807) is 23.9 Å². The zero-order valence-electron chi connectivity index (χ0n) is 12.6. The molecule has 0 aliphatic rings. The predicted molar refractivity (Wildman–Crippen MR) is 91.2 cm³/mol. The van der Waals surface area contributed by atoms with Crippen molar-refractivity contribution in [3.05, 3.63) is 41.2 Å². The van der Waals surface area contributed by atoms with Gasteiger partial charge >= 0.3 is 0 Å². The highest BCUT2D eigenvalue weighted by molar-refractivity contribution is 7.99. The summed E-state index contributed by atoms with van der Waals surface area (Å²) in [7, 11) is 0. The fraction of sp³-hybridized carbons (Fsp3) is 0.375. The smallest absolute Gasteiger partial charge is 0.226 e. The molecular formula is C16H19FN2OS2. The van der Waals surface area contributed by atoms with Crippen molar-refractivity contribution in [1.82, 2.24) is 4.98 Å². The molecule has 0 radical (unpaired) electrons. The number of aromatic nitrogens is 1. The lowest BCUT2D eigenvalue weighted by Crippen LogP contribution is -2.11. The summed E-state index contributed by atoms with van der Waals surface area (Å²) in [6, 6.07) is 6.40. The molecule has 0 spiro atoms. The molecule has 1 aromatic heterocycles. The van der Waals surface area contributed by atoms with E-state index >= 15 is 0 Å². The Morgan fingerprint density at radius 1 is 1.36 bits per heavy atom. The minimum Gasteiger partial charge on any atom is -0.302 e. The Balaban J connectivity index is 1.68. The van der Waals surface area contributed by atoms with Gasteiger partial charge in [-0.25, -0.2) is 9.37 Å². The Morgan fingerprint density at radius 3 is 2.73 bits per heavy atom. The molecule has 1 amide bonds. The van der Waals surface area contributed by atoms with Gasteiger partial charge in [0, 0.05) is 16.7 Å². The molecule has 3 nitrogen and oxygen atoms in total. The third-order valence-corrected chi connectivity index (χ3v) is 4.86. The van der Waals surface area contributed by atoms with Crippen LogP contribution in [-0.2, 0) is 4.79 Å². The van der Waals surface area contributed by atoms with Gasteiger partial charge in [-0.05, 0) is 42.4 Å². The van der Waals surface area contributed by atoms with E-state index in [4.69, 9.17) is 0 Å². The number of carbonyl (C=O) groups excluding carboxylic acids is 1. The summed E-state index contributed by atoms with van der Waals surface area (Å²) in [4.78, 5) is 17.2. The molecule has 0 fully saturated rings. The van der Waals surface area contributed by atoms with Crippen molar-refractivity contribution in [3.8, 4) is 0 Å². The van der Waals surface area contributed by atoms with Crippen molar-refractivity contribution in [2.24, 2.45) is 0 Å². The second kappa shape index (κ2) is 8.29. The number of thiazole rings is 1. The summed E-state index contributed by atoms with van der Waals surface area (Å²) in [5.41, 5.74) is 1.01. The second-order valence-corrected chi connectivity index (χ2v) is 7.21. The Labute approximate surface area is 138 Å². The maximum atomic E-state index is 12.8. The fourth-order valence-electron chi connectivity index (χ4n) is 1.74. The highest BCUT2D eigenvalue weighted by Gasteiger charge is 2.08. The first-order valence-electron chi connectivity index (χ1n) is 7.18. The minimum absolute atomic E-state index is 0.00985. The molecule has 0 saturated carbocycles. The molecule has 0 saturated heterocycles. The molecule has 0 aliphatic heterocycles. The van der Waals surface area contributed by atoms with Crippen LogP contribution in [0.15, 0.2) is 34.5 Å². The summed E-state index contributed by atoms with van der Waals surface area (Å²) in [6.45, 7) is 4.15. The van der Waals surface area contributed by atoms with Crippen LogP contribution in [0.25, 0.3) is 0 Å². The van der Waals surface area contributed by atoms with E-state index in [1.807, 2.05) is 5.38 Å². The molecule has 0 atom stereocenters. The van der Waals surface area contributed by atoms with Crippen molar-refractivity contribution >= 4 is 34.1 Å². The molecule has 1 heterocycles. The highest BCUT2D eigenvalue weighted by atomic mass is 32.2. The number of benzene rings is 1. The monoisotopic (exact) mass is 338 g/mol. The van der Waals surface area contributed by atoms with E-state index in [1.165, 1.54) is 23.5 Å². The molecule has 6 heteroatoms. The molecule has 0 unspecified atom stereocenters. The van der Waals surface area contributed by atoms with Crippen LogP contribution in [0.1, 0.15) is 38.3 Å². The van der Waals surface area contributed by atoms with E-state index in [2.05, 4.69) is 24.1 Å². The number of anilines is 1. The van der Waals surface area contributed by atoms with Gasteiger partial charge in [0.1, 0.15) is 5.82 Å². The molecule has 1 aromatic carbocycles. The quantitative estimate of drug-likeness (QED) is 0.576. The molecule has 1 N–H and O–H groups in total. The summed E-state index contributed by atoms with van der Waals surface area (Å²) >= 11 is 3.09. The largest absolute Gasteiger partial charge is 0.302 e. The number of nitrogens with one attached hydrogen (secondary N) is 1. The van der Waals surface area contributed by atoms with Crippen LogP contribution in [0.4, 0.5) is 9.52 Å². The van der Waals surface area contributed by atoms with Gasteiger partial charge < -0.3 is 5.32 Å². The first-order chi connectivity index (χ1) is 10.5. The molecule has 2 rings (SSSR count). The maximum absolute atomic E-state index is 12.8. The SMILES string of the molecule is CC(C)c1csc(NC(=O)CCCSc2ccc(F)cc2)n1. The van der Waals surface area contributed by atoms with Crippen molar-refractivity contribution in [2.45, 2.75) is 37.5 Å². The zero-order chi connectivity index (χ0) is 15.9. The Hall–Kier alpha value is -1.40. The summed E-state index contributed by atoms with van der Waals surface area (Å²) in [5, 5.41) is 5.48. The molecule has 0 aliphatic carbocycles. The molecular weight excluding hydrogens is 319 g/mol. The number of nitrogens with zero attached hydrogens (tertiary/aromatic N) is 1. The van der Waals surface area contributed by atoms with Crippen LogP contribution >= 0.6 is 23.1 Å². The first kappa shape index (κ1) is 17.0. The van der Waals surface area contributed by atoms with E-state index in [-0.39, 0.29) is 11.7 Å². The average molecular weight is 338 g/mol. The van der Waals surface area contributed by atoms with Gasteiger partial charge in [0.05, 0.1) is 5.69 Å². The van der Waals surface area contributed by atoms with Gasteiger partial charge in [-0.1, -0.05) is 13.8 Å². The number of amides is 1. The zero-order valence-corrected chi connectivity index (χ0v) is 14.3. The summed E-state index contributed by atoms with van der Waals surface area (Å²) in [5.74, 6) is 0.958. The Bertz CT molecular complexity index is 611. The molecule has 22 heavy (non-hydrogen) atoms. The number of thioether (sulfide) groups is 1. The third-order valence-electron chi connectivity index (χ3n) is 2.99. The minimum atomic E-state index is -0.229. The molecule has 0 bridgehead atoms. The van der Waals surface area contributed by atoms with Gasteiger partial charge in [0.2, 0.25) is 5.91 Å². The van der Waals surface area contributed by atoms with Crippen molar-refractivity contribution in [3.63, 3.8) is 0 Å². The lowest BCUT2D eigenvalue weighted by atomic mass is 10.2. The Morgan fingerprint density at radius 2 is 2.09 bits per heavy atom. The van der Waals surface area contributed by atoms with Crippen LogP contribution in [-0.4, -0.2) is 16.6 Å². The second-order valence-electron chi connectivity index (χ2n) is 5.19. The van der Waals surface area contributed by atoms with Gasteiger partial charge in [-0.3, -0.25) is 4.79 Å². The number of carbonyl (C=O) groups is 1. The van der Waals surface area contributed by atoms with Crippen molar-refractivity contribution in [2.75, 3.05) is 11.1 Å². The topological polar surface area (TPSA) is 42.0 Å². The van der Waals surface area contributed by atoms with Crippen LogP contribution in [0.5, 0.6) is 0 Å². The normalized spacial score (nSPS) is 10.9. The number of halogens is 1. The van der Waals surface area contributed by atoms with Crippen molar-refractivity contribution < 1.29 is 9.18 Å². The number of hydrogen-bond donors (Lipinski definition) is 1. The first-order valence-corrected chi connectivity index (χ1v) is 9.05. The van der Waals surface area contributed by atoms with E-state index in [0.29, 0.717) is 17.5 Å². The number of hydrogen-bond acceptors (Lipinski definition) is 4. The fourth-order valence-corrected chi connectivity index (χ4v) is 3.49. The number of rotatable bonds is 7. The molecule has 118 valence electrons. The van der Waals surface area contributed by atoms with Crippen molar-refractivity contribution in [1.29, 1.82) is 0 Å².